The lowest BCUT2D eigenvalue weighted by Gasteiger charge is -2.08. The summed E-state index contributed by atoms with van der Waals surface area (Å²) in [6.45, 7) is 2.97. The number of benzene rings is 1. The number of hydrogen-bond acceptors (Lipinski definition) is 2. The second-order valence-electron chi connectivity index (χ2n) is 3.83. The Balaban J connectivity index is 2.41. The highest BCUT2D eigenvalue weighted by atomic mass is 79.9. The van der Waals surface area contributed by atoms with Crippen LogP contribution < -0.4 is 5.32 Å². The molecule has 18 heavy (non-hydrogen) atoms. The summed E-state index contributed by atoms with van der Waals surface area (Å²) in [5.41, 5.74) is 9.71. The van der Waals surface area contributed by atoms with Crippen molar-refractivity contribution in [2.75, 3.05) is 13.1 Å². The zero-order valence-electron chi connectivity index (χ0n) is 10.2. The van der Waals surface area contributed by atoms with E-state index in [2.05, 4.69) is 31.3 Å². The van der Waals surface area contributed by atoms with E-state index in [4.69, 9.17) is 5.53 Å². The first-order valence-corrected chi connectivity index (χ1v) is 6.50. The van der Waals surface area contributed by atoms with E-state index >= 15 is 0 Å². The van der Waals surface area contributed by atoms with Crippen molar-refractivity contribution in [3.63, 3.8) is 0 Å². The number of nitrogens with zero attached hydrogens (tertiary/aromatic N) is 3. The van der Waals surface area contributed by atoms with Gasteiger partial charge in [0.25, 0.3) is 5.91 Å². The summed E-state index contributed by atoms with van der Waals surface area (Å²) in [6.07, 6.45) is 1.58. The highest BCUT2D eigenvalue weighted by Crippen LogP contribution is 2.19. The fraction of sp³-hybridized carbons (Fsp3) is 0.417. The Kier molecular flexibility index (Phi) is 6.25. The molecule has 96 valence electrons. The Morgan fingerprint density at radius 2 is 2.28 bits per heavy atom. The number of unbranched alkanes of at least 4 members (excludes halogenated alkanes) is 1. The predicted octanol–water partition coefficient (Wildman–Crippen LogP) is 3.58. The Bertz CT molecular complexity index is 469. The van der Waals surface area contributed by atoms with Gasteiger partial charge in [-0.15, -0.1) is 0 Å². The molecule has 0 atom stereocenters. The summed E-state index contributed by atoms with van der Waals surface area (Å²) >= 11 is 3.40. The van der Waals surface area contributed by atoms with Gasteiger partial charge in [-0.2, -0.15) is 0 Å². The quantitative estimate of drug-likeness (QED) is 0.370. The van der Waals surface area contributed by atoms with Gasteiger partial charge in [-0.1, -0.05) is 27.1 Å². The summed E-state index contributed by atoms with van der Waals surface area (Å²) in [5.74, 6) is -0.0717. The van der Waals surface area contributed by atoms with Crippen LogP contribution in [0, 0.1) is 6.92 Å². The minimum Gasteiger partial charge on any atom is -0.352 e. The molecule has 0 unspecified atom stereocenters. The minimum atomic E-state index is -0.0717. The lowest BCUT2D eigenvalue weighted by Crippen LogP contribution is -2.25. The normalized spacial score (nSPS) is 9.67. The van der Waals surface area contributed by atoms with Crippen LogP contribution in [0.4, 0.5) is 0 Å². The first-order valence-electron chi connectivity index (χ1n) is 5.71. The van der Waals surface area contributed by atoms with Gasteiger partial charge in [0.1, 0.15) is 0 Å². The third kappa shape index (κ3) is 4.39. The van der Waals surface area contributed by atoms with Crippen LogP contribution in [0.1, 0.15) is 28.8 Å². The monoisotopic (exact) mass is 310 g/mol. The Morgan fingerprint density at radius 3 is 3.00 bits per heavy atom. The Hall–Kier alpha value is -1.52. The average molecular weight is 311 g/mol. The molecule has 5 nitrogen and oxygen atoms in total. The third-order valence-corrected chi connectivity index (χ3v) is 3.41. The largest absolute Gasteiger partial charge is 0.352 e. The van der Waals surface area contributed by atoms with Crippen molar-refractivity contribution in [1.82, 2.24) is 5.32 Å². The molecule has 0 fully saturated rings. The van der Waals surface area contributed by atoms with Crippen molar-refractivity contribution < 1.29 is 4.79 Å². The molecule has 0 saturated carbocycles. The number of azide groups is 1. The molecule has 1 aromatic carbocycles. The van der Waals surface area contributed by atoms with E-state index in [0.717, 1.165) is 22.9 Å². The molecule has 0 bridgehead atoms. The number of carbonyl (C=O) groups is 1. The van der Waals surface area contributed by atoms with Gasteiger partial charge in [0.05, 0.1) is 0 Å². The first kappa shape index (κ1) is 14.5. The smallest absolute Gasteiger partial charge is 0.251 e. The van der Waals surface area contributed by atoms with Crippen molar-refractivity contribution in [3.8, 4) is 0 Å². The van der Waals surface area contributed by atoms with E-state index in [-0.39, 0.29) is 5.91 Å². The van der Waals surface area contributed by atoms with E-state index in [1.54, 1.807) is 6.07 Å². The standard InChI is InChI=1S/C12H15BrN4O/c1-9-10(5-4-6-11(9)13)12(18)15-7-2-3-8-16-17-14/h4-6H,2-3,7-8H2,1H3,(H,15,18). The van der Waals surface area contributed by atoms with Crippen LogP contribution in [-0.2, 0) is 0 Å². The number of amides is 1. The molecule has 6 heteroatoms. The van der Waals surface area contributed by atoms with Crippen molar-refractivity contribution in [2.24, 2.45) is 5.11 Å². The Labute approximate surface area is 114 Å². The SMILES string of the molecule is Cc1c(Br)cccc1C(=O)NCCCCN=[N+]=[N-]. The molecule has 0 radical (unpaired) electrons. The topological polar surface area (TPSA) is 77.9 Å². The number of nitrogens with one attached hydrogen (secondary N) is 1. The molecular weight excluding hydrogens is 296 g/mol. The molecule has 1 N–H and O–H groups in total. The van der Waals surface area contributed by atoms with Crippen molar-refractivity contribution >= 4 is 21.8 Å². The van der Waals surface area contributed by atoms with Crippen molar-refractivity contribution in [1.29, 1.82) is 0 Å². The maximum Gasteiger partial charge on any atom is 0.251 e. The highest BCUT2D eigenvalue weighted by Gasteiger charge is 2.09. The number of halogens is 1. The molecule has 0 aliphatic rings. The maximum atomic E-state index is 11.9. The molecule has 1 rings (SSSR count). The van der Waals surface area contributed by atoms with E-state index in [9.17, 15) is 4.79 Å². The second kappa shape index (κ2) is 7.74. The van der Waals surface area contributed by atoms with Gasteiger partial charge < -0.3 is 5.32 Å². The molecule has 0 saturated heterocycles. The molecule has 0 heterocycles. The molecule has 0 aliphatic heterocycles. The number of carbonyl (C=O) groups excluding carboxylic acids is 1. The molecule has 1 amide bonds. The lowest BCUT2D eigenvalue weighted by atomic mass is 10.1. The number of rotatable bonds is 6. The fourth-order valence-corrected chi connectivity index (χ4v) is 1.87. The van der Waals surface area contributed by atoms with Crippen molar-refractivity contribution in [3.05, 3.63) is 44.2 Å². The summed E-state index contributed by atoms with van der Waals surface area (Å²) in [7, 11) is 0. The van der Waals surface area contributed by atoms with Crippen LogP contribution in [0.5, 0.6) is 0 Å². The summed E-state index contributed by atoms with van der Waals surface area (Å²) in [4.78, 5) is 14.6. The van der Waals surface area contributed by atoms with Crippen LogP contribution in [0.3, 0.4) is 0 Å². The lowest BCUT2D eigenvalue weighted by molar-refractivity contribution is 0.0952. The first-order chi connectivity index (χ1) is 8.66. The van der Waals surface area contributed by atoms with E-state index in [1.165, 1.54) is 0 Å². The molecule has 1 aromatic rings. The maximum absolute atomic E-state index is 11.9. The third-order valence-electron chi connectivity index (χ3n) is 2.55. The van der Waals surface area contributed by atoms with Crippen LogP contribution in [-0.4, -0.2) is 19.0 Å². The zero-order chi connectivity index (χ0) is 13.4. The van der Waals surface area contributed by atoms with Gasteiger partial charge in [0, 0.05) is 28.0 Å². The van der Waals surface area contributed by atoms with Crippen LogP contribution in [0.2, 0.25) is 0 Å². The van der Waals surface area contributed by atoms with Gasteiger partial charge in [0.2, 0.25) is 0 Å². The molecular formula is C12H15BrN4O. The second-order valence-corrected chi connectivity index (χ2v) is 4.68. The zero-order valence-corrected chi connectivity index (χ0v) is 11.8. The summed E-state index contributed by atoms with van der Waals surface area (Å²) in [6, 6.07) is 5.55. The average Bonchev–Trinajstić information content (AvgIpc) is 2.36. The van der Waals surface area contributed by atoms with Crippen LogP contribution >= 0.6 is 15.9 Å². The fourth-order valence-electron chi connectivity index (χ4n) is 1.50. The molecule has 0 aromatic heterocycles. The van der Waals surface area contributed by atoms with E-state index in [0.29, 0.717) is 18.7 Å². The van der Waals surface area contributed by atoms with E-state index in [1.807, 2.05) is 19.1 Å². The van der Waals surface area contributed by atoms with Crippen molar-refractivity contribution in [2.45, 2.75) is 19.8 Å². The van der Waals surface area contributed by atoms with Gasteiger partial charge in [-0.25, -0.2) is 0 Å². The van der Waals surface area contributed by atoms with Gasteiger partial charge in [0.15, 0.2) is 0 Å². The predicted molar refractivity (Wildman–Crippen MR) is 74.5 cm³/mol. The van der Waals surface area contributed by atoms with Gasteiger partial charge in [-0.05, 0) is 43.0 Å². The van der Waals surface area contributed by atoms with Gasteiger partial charge in [-0.3, -0.25) is 4.79 Å². The molecule has 0 spiro atoms. The summed E-state index contributed by atoms with van der Waals surface area (Å²) in [5, 5.41) is 6.28. The highest BCUT2D eigenvalue weighted by molar-refractivity contribution is 9.10. The minimum absolute atomic E-state index is 0.0717. The summed E-state index contributed by atoms with van der Waals surface area (Å²) < 4.78 is 0.929. The number of hydrogen-bond donors (Lipinski definition) is 1. The van der Waals surface area contributed by atoms with E-state index < -0.39 is 0 Å². The Morgan fingerprint density at radius 1 is 1.50 bits per heavy atom. The van der Waals surface area contributed by atoms with Crippen LogP contribution in [0.15, 0.2) is 27.8 Å². The molecule has 0 aliphatic carbocycles. The van der Waals surface area contributed by atoms with Crippen LogP contribution in [0.25, 0.3) is 10.4 Å². The van der Waals surface area contributed by atoms with Gasteiger partial charge >= 0.3 is 0 Å².